The van der Waals surface area contributed by atoms with Gasteiger partial charge in [0.25, 0.3) is 0 Å². The standard InChI is InChI=1S/C12H18O2/c1-4-9(2)11(13)10-7-5-6-8-12(10,3)14/h5-10,14H,4H2,1-3H3. The zero-order valence-electron chi connectivity index (χ0n) is 9.03. The third kappa shape index (κ3) is 2.13. The topological polar surface area (TPSA) is 37.3 Å². The molecule has 3 atom stereocenters. The van der Waals surface area contributed by atoms with E-state index in [2.05, 4.69) is 0 Å². The Bertz CT molecular complexity index is 274. The van der Waals surface area contributed by atoms with E-state index in [-0.39, 0.29) is 17.6 Å². The van der Waals surface area contributed by atoms with Crippen molar-refractivity contribution in [2.24, 2.45) is 11.8 Å². The van der Waals surface area contributed by atoms with E-state index in [4.69, 9.17) is 0 Å². The Morgan fingerprint density at radius 3 is 2.71 bits per heavy atom. The first-order valence-electron chi connectivity index (χ1n) is 5.11. The Balaban J connectivity index is 2.82. The Morgan fingerprint density at radius 1 is 1.57 bits per heavy atom. The van der Waals surface area contributed by atoms with Crippen molar-refractivity contribution >= 4 is 5.78 Å². The molecular weight excluding hydrogens is 176 g/mol. The van der Waals surface area contributed by atoms with Gasteiger partial charge >= 0.3 is 0 Å². The van der Waals surface area contributed by atoms with Crippen LogP contribution in [0.4, 0.5) is 0 Å². The zero-order valence-corrected chi connectivity index (χ0v) is 9.03. The van der Waals surface area contributed by atoms with Gasteiger partial charge in [-0.3, -0.25) is 4.79 Å². The summed E-state index contributed by atoms with van der Waals surface area (Å²) in [4.78, 5) is 11.9. The second kappa shape index (κ2) is 4.09. The summed E-state index contributed by atoms with van der Waals surface area (Å²) in [5.41, 5.74) is -1.02. The summed E-state index contributed by atoms with van der Waals surface area (Å²) in [6.45, 7) is 5.57. The number of hydrogen-bond donors (Lipinski definition) is 1. The van der Waals surface area contributed by atoms with Crippen LogP contribution in [-0.2, 0) is 4.79 Å². The van der Waals surface area contributed by atoms with Gasteiger partial charge in [0.05, 0.1) is 11.5 Å². The van der Waals surface area contributed by atoms with Crippen LogP contribution in [0.1, 0.15) is 27.2 Å². The molecule has 0 spiro atoms. The largest absolute Gasteiger partial charge is 0.385 e. The number of carbonyl (C=O) groups is 1. The molecule has 0 aromatic rings. The van der Waals surface area contributed by atoms with Gasteiger partial charge in [-0.2, -0.15) is 0 Å². The Labute approximate surface area is 85.3 Å². The molecule has 0 aromatic carbocycles. The molecule has 2 nitrogen and oxygen atoms in total. The molecule has 14 heavy (non-hydrogen) atoms. The summed E-state index contributed by atoms with van der Waals surface area (Å²) < 4.78 is 0. The van der Waals surface area contributed by atoms with Crippen molar-refractivity contribution in [3.8, 4) is 0 Å². The fourth-order valence-corrected chi connectivity index (χ4v) is 1.61. The summed E-state index contributed by atoms with van der Waals surface area (Å²) in [5, 5.41) is 9.99. The summed E-state index contributed by atoms with van der Waals surface area (Å²) in [6.07, 6.45) is 7.89. The van der Waals surface area contributed by atoms with Gasteiger partial charge in [-0.15, -0.1) is 0 Å². The third-order valence-corrected chi connectivity index (χ3v) is 2.88. The van der Waals surface area contributed by atoms with Crippen LogP contribution in [0.2, 0.25) is 0 Å². The maximum atomic E-state index is 11.9. The minimum Gasteiger partial charge on any atom is -0.385 e. The van der Waals surface area contributed by atoms with Gasteiger partial charge in [-0.25, -0.2) is 0 Å². The number of carbonyl (C=O) groups excluding carboxylic acids is 1. The van der Waals surface area contributed by atoms with E-state index in [0.717, 1.165) is 6.42 Å². The quantitative estimate of drug-likeness (QED) is 0.747. The van der Waals surface area contributed by atoms with Gasteiger partial charge in [0.15, 0.2) is 0 Å². The molecule has 0 bridgehead atoms. The Hall–Kier alpha value is -0.890. The van der Waals surface area contributed by atoms with Crippen LogP contribution in [0.3, 0.4) is 0 Å². The molecule has 2 heteroatoms. The average molecular weight is 194 g/mol. The third-order valence-electron chi connectivity index (χ3n) is 2.88. The van der Waals surface area contributed by atoms with Crippen molar-refractivity contribution in [1.29, 1.82) is 0 Å². The SMILES string of the molecule is CCC(C)C(=O)C1C=CC=CC1(C)O. The fourth-order valence-electron chi connectivity index (χ4n) is 1.61. The number of rotatable bonds is 3. The van der Waals surface area contributed by atoms with E-state index < -0.39 is 5.60 Å². The number of hydrogen-bond acceptors (Lipinski definition) is 2. The maximum Gasteiger partial charge on any atom is 0.145 e. The predicted molar refractivity (Wildman–Crippen MR) is 56.9 cm³/mol. The lowest BCUT2D eigenvalue weighted by atomic mass is 9.78. The van der Waals surface area contributed by atoms with Crippen molar-refractivity contribution in [1.82, 2.24) is 0 Å². The molecule has 1 N–H and O–H groups in total. The van der Waals surface area contributed by atoms with Crippen molar-refractivity contribution < 1.29 is 9.90 Å². The molecule has 78 valence electrons. The van der Waals surface area contributed by atoms with E-state index in [1.54, 1.807) is 25.2 Å². The second-order valence-corrected chi connectivity index (χ2v) is 4.16. The highest BCUT2D eigenvalue weighted by molar-refractivity contribution is 5.86. The molecule has 0 aliphatic heterocycles. The molecule has 1 aliphatic rings. The van der Waals surface area contributed by atoms with Crippen LogP contribution >= 0.6 is 0 Å². The smallest absolute Gasteiger partial charge is 0.145 e. The summed E-state index contributed by atoms with van der Waals surface area (Å²) in [6, 6.07) is 0. The highest BCUT2D eigenvalue weighted by Crippen LogP contribution is 2.27. The first-order valence-corrected chi connectivity index (χ1v) is 5.11. The van der Waals surface area contributed by atoms with Gasteiger partial charge in [-0.05, 0) is 13.3 Å². The van der Waals surface area contributed by atoms with E-state index in [1.165, 1.54) is 0 Å². The molecule has 1 rings (SSSR count). The number of Topliss-reactive ketones (excluding diaryl/α,β-unsaturated/α-hetero) is 1. The molecule has 0 heterocycles. The minimum atomic E-state index is -1.02. The Kier molecular flexibility index (Phi) is 3.27. The second-order valence-electron chi connectivity index (χ2n) is 4.16. The molecule has 3 unspecified atom stereocenters. The molecule has 0 saturated carbocycles. The summed E-state index contributed by atoms with van der Waals surface area (Å²) in [5.74, 6) is -0.247. The van der Waals surface area contributed by atoms with Crippen molar-refractivity contribution in [2.45, 2.75) is 32.8 Å². The summed E-state index contributed by atoms with van der Waals surface area (Å²) >= 11 is 0. The first-order chi connectivity index (χ1) is 6.49. The fraction of sp³-hybridized carbons (Fsp3) is 0.583. The van der Waals surface area contributed by atoms with Crippen LogP contribution in [0, 0.1) is 11.8 Å². The van der Waals surface area contributed by atoms with Crippen LogP contribution < -0.4 is 0 Å². The van der Waals surface area contributed by atoms with Crippen molar-refractivity contribution in [3.63, 3.8) is 0 Å². The van der Waals surface area contributed by atoms with Crippen LogP contribution in [0.15, 0.2) is 24.3 Å². The van der Waals surface area contributed by atoms with Crippen molar-refractivity contribution in [2.75, 3.05) is 0 Å². The lowest BCUT2D eigenvalue weighted by Crippen LogP contribution is -2.39. The molecule has 0 radical (unpaired) electrons. The van der Waals surface area contributed by atoms with E-state index in [0.29, 0.717) is 0 Å². The van der Waals surface area contributed by atoms with Crippen LogP contribution in [0.25, 0.3) is 0 Å². The number of ketones is 1. The molecule has 0 aromatic heterocycles. The van der Waals surface area contributed by atoms with E-state index in [9.17, 15) is 9.90 Å². The molecule has 0 saturated heterocycles. The lowest BCUT2D eigenvalue weighted by Gasteiger charge is -2.30. The van der Waals surface area contributed by atoms with Crippen LogP contribution in [-0.4, -0.2) is 16.5 Å². The van der Waals surface area contributed by atoms with Crippen molar-refractivity contribution in [3.05, 3.63) is 24.3 Å². The lowest BCUT2D eigenvalue weighted by molar-refractivity contribution is -0.129. The first kappa shape index (κ1) is 11.2. The van der Waals surface area contributed by atoms with Gasteiger partial charge in [0.1, 0.15) is 5.78 Å². The Morgan fingerprint density at radius 2 is 2.21 bits per heavy atom. The number of allylic oxidation sites excluding steroid dienone is 2. The van der Waals surface area contributed by atoms with Gasteiger partial charge in [0, 0.05) is 5.92 Å². The maximum absolute atomic E-state index is 11.9. The van der Waals surface area contributed by atoms with Gasteiger partial charge < -0.3 is 5.11 Å². The molecule has 0 amide bonds. The molecular formula is C12H18O2. The monoisotopic (exact) mass is 194 g/mol. The van der Waals surface area contributed by atoms with E-state index >= 15 is 0 Å². The predicted octanol–water partition coefficient (Wildman–Crippen LogP) is 2.09. The minimum absolute atomic E-state index is 0.0163. The van der Waals surface area contributed by atoms with Crippen LogP contribution in [0.5, 0.6) is 0 Å². The molecule has 1 aliphatic carbocycles. The highest BCUT2D eigenvalue weighted by Gasteiger charge is 2.35. The summed E-state index contributed by atoms with van der Waals surface area (Å²) in [7, 11) is 0. The van der Waals surface area contributed by atoms with E-state index in [1.807, 2.05) is 19.9 Å². The zero-order chi connectivity index (χ0) is 10.8. The average Bonchev–Trinajstić information content (AvgIpc) is 2.15. The highest BCUT2D eigenvalue weighted by atomic mass is 16.3. The number of aliphatic hydroxyl groups is 1. The normalized spacial score (nSPS) is 33.0. The van der Waals surface area contributed by atoms with Gasteiger partial charge in [0.2, 0.25) is 0 Å². The molecule has 0 fully saturated rings. The van der Waals surface area contributed by atoms with Gasteiger partial charge in [-0.1, -0.05) is 38.2 Å².